The van der Waals surface area contributed by atoms with Crippen molar-refractivity contribution in [3.05, 3.63) is 51.9 Å². The van der Waals surface area contributed by atoms with Gasteiger partial charge in [0.1, 0.15) is 5.15 Å². The molecule has 2 aromatic rings. The van der Waals surface area contributed by atoms with Gasteiger partial charge in [0, 0.05) is 17.0 Å². The Morgan fingerprint density at radius 2 is 2.27 bits per heavy atom. The van der Waals surface area contributed by atoms with Crippen molar-refractivity contribution in [3.63, 3.8) is 0 Å². The molecule has 0 fully saturated rings. The van der Waals surface area contributed by atoms with E-state index in [2.05, 4.69) is 10.1 Å². The predicted molar refractivity (Wildman–Crippen MR) is 84.4 cm³/mol. The number of rotatable bonds is 3. The average molecular weight is 338 g/mol. The second-order valence-electron chi connectivity index (χ2n) is 4.81. The van der Waals surface area contributed by atoms with Crippen LogP contribution < -0.4 is 0 Å². The number of ether oxygens (including phenoxy) is 1. The summed E-state index contributed by atoms with van der Waals surface area (Å²) in [5.74, 6) is -0.385. The van der Waals surface area contributed by atoms with Crippen molar-refractivity contribution in [2.24, 2.45) is 0 Å². The number of hydrogen-bond donors (Lipinski definition) is 0. The summed E-state index contributed by atoms with van der Waals surface area (Å²) in [4.78, 5) is 16.3. The molecule has 1 unspecified atom stereocenters. The van der Waals surface area contributed by atoms with Crippen LogP contribution in [-0.4, -0.2) is 27.2 Å². The second kappa shape index (κ2) is 6.10. The largest absolute Gasteiger partial charge is 0.461 e. The first-order chi connectivity index (χ1) is 10.6. The van der Waals surface area contributed by atoms with Crippen LogP contribution in [0.1, 0.15) is 35.4 Å². The van der Waals surface area contributed by atoms with Crippen molar-refractivity contribution in [2.75, 3.05) is 6.61 Å². The molecule has 0 aliphatic heterocycles. The molecule has 3 rings (SSSR count). The molecule has 114 valence electrons. The highest BCUT2D eigenvalue weighted by Gasteiger charge is 2.18. The highest BCUT2D eigenvalue weighted by Crippen LogP contribution is 2.28. The van der Waals surface area contributed by atoms with Gasteiger partial charge in [-0.1, -0.05) is 35.4 Å². The molecule has 0 N–H and O–H groups in total. The van der Waals surface area contributed by atoms with Crippen LogP contribution in [0, 0.1) is 0 Å². The number of carbonyl (C=O) groups is 1. The van der Waals surface area contributed by atoms with E-state index in [0.717, 1.165) is 17.1 Å². The van der Waals surface area contributed by atoms with Crippen molar-refractivity contribution >= 4 is 34.8 Å². The Morgan fingerprint density at radius 1 is 1.45 bits per heavy atom. The normalized spacial score (nSPS) is 17.6. The van der Waals surface area contributed by atoms with Crippen LogP contribution in [0.4, 0.5) is 0 Å². The molecule has 0 spiro atoms. The zero-order valence-corrected chi connectivity index (χ0v) is 13.3. The average Bonchev–Trinajstić information content (AvgIpc) is 2.93. The van der Waals surface area contributed by atoms with E-state index in [9.17, 15) is 4.79 Å². The maximum atomic E-state index is 11.7. The molecule has 1 aliphatic carbocycles. The van der Waals surface area contributed by atoms with E-state index in [1.807, 2.05) is 18.2 Å². The molecule has 1 atom stereocenters. The molecule has 0 saturated carbocycles. The minimum Gasteiger partial charge on any atom is -0.461 e. The molecule has 0 amide bonds. The molecule has 0 aromatic carbocycles. The highest BCUT2D eigenvalue weighted by molar-refractivity contribution is 6.31. The third kappa shape index (κ3) is 2.87. The van der Waals surface area contributed by atoms with Crippen LogP contribution in [0.3, 0.4) is 0 Å². The van der Waals surface area contributed by atoms with Gasteiger partial charge in [-0.15, -0.1) is 0 Å². The standard InChI is InChI=1S/C15H13Cl2N3O2/c1-2-22-15(21)12-8-14-18-11(7-13(17)20(14)19-12)9-3-5-10(16)6-4-9/h3,5-9H,2,4H2,1H3. The van der Waals surface area contributed by atoms with E-state index in [4.69, 9.17) is 27.9 Å². The van der Waals surface area contributed by atoms with Gasteiger partial charge >= 0.3 is 5.97 Å². The van der Waals surface area contributed by atoms with Crippen molar-refractivity contribution in [2.45, 2.75) is 19.3 Å². The van der Waals surface area contributed by atoms with Gasteiger partial charge in [0.15, 0.2) is 11.3 Å². The second-order valence-corrected chi connectivity index (χ2v) is 5.64. The zero-order chi connectivity index (χ0) is 15.7. The monoisotopic (exact) mass is 337 g/mol. The van der Waals surface area contributed by atoms with Crippen molar-refractivity contribution in [1.29, 1.82) is 0 Å². The minimum atomic E-state index is -0.488. The van der Waals surface area contributed by atoms with E-state index >= 15 is 0 Å². The molecular formula is C15H13Cl2N3O2. The molecule has 1 aliphatic rings. The molecular weight excluding hydrogens is 325 g/mol. The van der Waals surface area contributed by atoms with Crippen LogP contribution in [0.5, 0.6) is 0 Å². The van der Waals surface area contributed by atoms with Gasteiger partial charge in [0.05, 0.1) is 12.3 Å². The van der Waals surface area contributed by atoms with E-state index in [-0.39, 0.29) is 11.6 Å². The molecule has 2 aromatic heterocycles. The van der Waals surface area contributed by atoms with Gasteiger partial charge < -0.3 is 4.74 Å². The Hall–Kier alpha value is -1.85. The summed E-state index contributed by atoms with van der Waals surface area (Å²) in [7, 11) is 0. The number of hydrogen-bond acceptors (Lipinski definition) is 4. The minimum absolute atomic E-state index is 0.103. The summed E-state index contributed by atoms with van der Waals surface area (Å²) in [6, 6.07) is 3.32. The quantitative estimate of drug-likeness (QED) is 0.632. The highest BCUT2D eigenvalue weighted by atomic mass is 35.5. The lowest BCUT2D eigenvalue weighted by Gasteiger charge is -2.14. The first kappa shape index (κ1) is 15.1. The molecule has 0 bridgehead atoms. The van der Waals surface area contributed by atoms with Crippen molar-refractivity contribution < 1.29 is 9.53 Å². The number of aromatic nitrogens is 3. The maximum Gasteiger partial charge on any atom is 0.358 e. The molecule has 22 heavy (non-hydrogen) atoms. The smallest absolute Gasteiger partial charge is 0.358 e. The SMILES string of the molecule is CCOC(=O)c1cc2nc(C3C=CC(Cl)=CC3)cc(Cl)n2n1. The van der Waals surface area contributed by atoms with Gasteiger partial charge in [-0.2, -0.15) is 5.10 Å². The first-order valence-electron chi connectivity index (χ1n) is 6.85. The molecule has 2 heterocycles. The Balaban J connectivity index is 1.98. The molecule has 0 radical (unpaired) electrons. The fourth-order valence-electron chi connectivity index (χ4n) is 2.26. The van der Waals surface area contributed by atoms with Gasteiger partial charge in [-0.3, -0.25) is 0 Å². The van der Waals surface area contributed by atoms with Crippen LogP contribution in [-0.2, 0) is 4.74 Å². The zero-order valence-electron chi connectivity index (χ0n) is 11.8. The summed E-state index contributed by atoms with van der Waals surface area (Å²) in [6.45, 7) is 2.03. The van der Waals surface area contributed by atoms with Crippen LogP contribution in [0.15, 0.2) is 35.4 Å². The molecule has 5 nitrogen and oxygen atoms in total. The van der Waals surface area contributed by atoms with E-state index < -0.39 is 5.97 Å². The maximum absolute atomic E-state index is 11.7. The van der Waals surface area contributed by atoms with Crippen LogP contribution in [0.2, 0.25) is 5.15 Å². The van der Waals surface area contributed by atoms with Gasteiger partial charge in [-0.05, 0) is 25.5 Å². The first-order valence-corrected chi connectivity index (χ1v) is 7.61. The fraction of sp³-hybridized carbons (Fsp3) is 0.267. The van der Waals surface area contributed by atoms with E-state index in [1.54, 1.807) is 19.1 Å². The molecule has 0 saturated heterocycles. The topological polar surface area (TPSA) is 56.5 Å². The fourth-order valence-corrected chi connectivity index (χ4v) is 2.66. The van der Waals surface area contributed by atoms with E-state index in [0.29, 0.717) is 17.4 Å². The van der Waals surface area contributed by atoms with Crippen molar-refractivity contribution in [1.82, 2.24) is 14.6 Å². The third-order valence-corrected chi connectivity index (χ3v) is 3.87. The summed E-state index contributed by atoms with van der Waals surface area (Å²) >= 11 is 12.2. The lowest BCUT2D eigenvalue weighted by Crippen LogP contribution is -2.06. The van der Waals surface area contributed by atoms with Crippen molar-refractivity contribution in [3.8, 4) is 0 Å². The number of fused-ring (bicyclic) bond motifs is 1. The summed E-state index contributed by atoms with van der Waals surface area (Å²) in [5.41, 5.74) is 1.51. The Labute approximate surface area is 137 Å². The number of nitrogens with zero attached hydrogens (tertiary/aromatic N) is 3. The predicted octanol–water partition coefficient (Wildman–Crippen LogP) is 3.73. The number of allylic oxidation sites excluding steroid dienone is 4. The summed E-state index contributed by atoms with van der Waals surface area (Å²) < 4.78 is 6.36. The number of carbonyl (C=O) groups excluding carboxylic acids is 1. The third-order valence-electron chi connectivity index (χ3n) is 3.32. The summed E-state index contributed by atoms with van der Waals surface area (Å²) in [5, 5.41) is 5.24. The van der Waals surface area contributed by atoms with Crippen LogP contribution >= 0.6 is 23.2 Å². The number of esters is 1. The van der Waals surface area contributed by atoms with Gasteiger partial charge in [0.2, 0.25) is 0 Å². The van der Waals surface area contributed by atoms with Gasteiger partial charge in [0.25, 0.3) is 0 Å². The summed E-state index contributed by atoms with van der Waals surface area (Å²) in [6.07, 6.45) is 6.52. The lowest BCUT2D eigenvalue weighted by atomic mass is 9.97. The van der Waals surface area contributed by atoms with Crippen LogP contribution in [0.25, 0.3) is 5.65 Å². The Kier molecular flexibility index (Phi) is 4.18. The van der Waals surface area contributed by atoms with E-state index in [1.165, 1.54) is 4.52 Å². The lowest BCUT2D eigenvalue weighted by molar-refractivity contribution is 0.0519. The Bertz CT molecular complexity index is 795. The molecule has 7 heteroatoms. The Morgan fingerprint density at radius 3 is 2.95 bits per heavy atom. The number of halogens is 2. The van der Waals surface area contributed by atoms with Gasteiger partial charge in [-0.25, -0.2) is 14.3 Å².